The van der Waals surface area contributed by atoms with Crippen molar-refractivity contribution in [3.05, 3.63) is 93.7 Å². The van der Waals surface area contributed by atoms with Gasteiger partial charge in [0.2, 0.25) is 0 Å². The second-order valence-electron chi connectivity index (χ2n) is 6.81. The Morgan fingerprint density at radius 1 is 0.625 bits per heavy atom. The number of carbonyl (C=O) groups is 1. The van der Waals surface area contributed by atoms with Crippen LogP contribution in [0.1, 0.15) is 27.0 Å². The van der Waals surface area contributed by atoms with Gasteiger partial charge in [-0.3, -0.25) is 4.79 Å². The van der Waals surface area contributed by atoms with Crippen LogP contribution in [0.4, 0.5) is 26.3 Å². The van der Waals surface area contributed by atoms with E-state index < -0.39 is 29.3 Å². The maximum absolute atomic E-state index is 13.3. The molecule has 1 nitrogen and oxygen atoms in total. The SMILES string of the molecule is O=C(c1ccsc1-c1cccc(C(F)(F)F)c1)c1ccsc1-c1cccc(C(F)(F)F)c1. The Labute approximate surface area is 186 Å². The molecule has 0 aliphatic carbocycles. The molecule has 0 fully saturated rings. The first-order valence-corrected chi connectivity index (χ1v) is 10.9. The molecule has 0 N–H and O–H groups in total. The van der Waals surface area contributed by atoms with Crippen LogP contribution in [0.25, 0.3) is 20.9 Å². The summed E-state index contributed by atoms with van der Waals surface area (Å²) in [6, 6.07) is 12.4. The van der Waals surface area contributed by atoms with Gasteiger partial charge in [-0.15, -0.1) is 22.7 Å². The van der Waals surface area contributed by atoms with Gasteiger partial charge in [-0.1, -0.05) is 24.3 Å². The van der Waals surface area contributed by atoms with E-state index >= 15 is 0 Å². The lowest BCUT2D eigenvalue weighted by Gasteiger charge is -2.10. The number of thiophene rings is 2. The van der Waals surface area contributed by atoms with E-state index in [9.17, 15) is 31.1 Å². The number of halogens is 6. The van der Waals surface area contributed by atoms with Crippen LogP contribution in [0, 0.1) is 0 Å². The van der Waals surface area contributed by atoms with E-state index in [-0.39, 0.29) is 22.3 Å². The molecule has 0 aliphatic heterocycles. The molecule has 4 rings (SSSR count). The van der Waals surface area contributed by atoms with Crippen LogP contribution in [0.5, 0.6) is 0 Å². The first kappa shape index (κ1) is 22.3. The first-order chi connectivity index (χ1) is 15.1. The Morgan fingerprint density at radius 3 is 1.41 bits per heavy atom. The summed E-state index contributed by atoms with van der Waals surface area (Å²) in [6.45, 7) is 0. The molecule has 0 saturated heterocycles. The molecule has 2 aromatic carbocycles. The average Bonchev–Trinajstić information content (AvgIpc) is 3.42. The maximum atomic E-state index is 13.3. The highest BCUT2D eigenvalue weighted by Gasteiger charge is 2.32. The number of carbonyl (C=O) groups excluding carboxylic acids is 1. The van der Waals surface area contributed by atoms with Gasteiger partial charge in [-0.2, -0.15) is 26.3 Å². The lowest BCUT2D eigenvalue weighted by Crippen LogP contribution is -2.06. The van der Waals surface area contributed by atoms with Gasteiger partial charge in [0.05, 0.1) is 11.1 Å². The van der Waals surface area contributed by atoms with Gasteiger partial charge >= 0.3 is 12.4 Å². The van der Waals surface area contributed by atoms with Crippen LogP contribution in [-0.4, -0.2) is 5.78 Å². The second-order valence-corrected chi connectivity index (χ2v) is 8.65. The number of alkyl halides is 6. The molecule has 0 unspecified atom stereocenters. The van der Waals surface area contributed by atoms with E-state index in [2.05, 4.69) is 0 Å². The highest BCUT2D eigenvalue weighted by Crippen LogP contribution is 2.39. The zero-order valence-electron chi connectivity index (χ0n) is 15.9. The topological polar surface area (TPSA) is 17.1 Å². The predicted molar refractivity (Wildman–Crippen MR) is 113 cm³/mol. The standard InChI is InChI=1S/C23H12F6OS2/c24-22(25,26)15-5-1-3-13(11-15)20-17(7-9-31-20)19(30)18-8-10-32-21(18)14-4-2-6-16(12-14)23(27,28)29/h1-12H. The van der Waals surface area contributed by atoms with Crippen molar-refractivity contribution in [2.75, 3.05) is 0 Å². The van der Waals surface area contributed by atoms with E-state index in [1.807, 2.05) is 0 Å². The molecule has 0 saturated carbocycles. The van der Waals surface area contributed by atoms with E-state index in [0.29, 0.717) is 9.75 Å². The van der Waals surface area contributed by atoms with Gasteiger partial charge in [-0.05, 0) is 58.3 Å². The molecule has 0 aliphatic rings. The maximum Gasteiger partial charge on any atom is 0.416 e. The minimum Gasteiger partial charge on any atom is -0.289 e. The molecule has 2 heterocycles. The number of hydrogen-bond donors (Lipinski definition) is 0. The number of rotatable bonds is 4. The monoisotopic (exact) mass is 482 g/mol. The highest BCUT2D eigenvalue weighted by molar-refractivity contribution is 7.14. The normalized spacial score (nSPS) is 12.2. The van der Waals surface area contributed by atoms with Crippen molar-refractivity contribution in [2.24, 2.45) is 0 Å². The largest absolute Gasteiger partial charge is 0.416 e. The predicted octanol–water partition coefficient (Wildman–Crippen LogP) is 8.41. The second kappa shape index (κ2) is 8.22. The third-order valence-corrected chi connectivity index (χ3v) is 6.65. The van der Waals surface area contributed by atoms with Gasteiger partial charge in [0.1, 0.15) is 0 Å². The van der Waals surface area contributed by atoms with Crippen LogP contribution in [0.2, 0.25) is 0 Å². The Balaban J connectivity index is 1.75. The molecule has 0 radical (unpaired) electrons. The third kappa shape index (κ3) is 4.35. The van der Waals surface area contributed by atoms with Gasteiger partial charge in [0.15, 0.2) is 5.78 Å². The molecular weight excluding hydrogens is 470 g/mol. The van der Waals surface area contributed by atoms with Crippen molar-refractivity contribution >= 4 is 28.5 Å². The molecule has 0 bridgehead atoms. The van der Waals surface area contributed by atoms with Crippen molar-refractivity contribution < 1.29 is 31.1 Å². The van der Waals surface area contributed by atoms with Crippen molar-refractivity contribution in [1.82, 2.24) is 0 Å². The van der Waals surface area contributed by atoms with E-state index in [0.717, 1.165) is 46.9 Å². The molecular formula is C23H12F6OS2. The smallest absolute Gasteiger partial charge is 0.289 e. The van der Waals surface area contributed by atoms with Crippen molar-refractivity contribution in [3.8, 4) is 20.9 Å². The lowest BCUT2D eigenvalue weighted by molar-refractivity contribution is -0.138. The zero-order valence-corrected chi connectivity index (χ0v) is 17.6. The summed E-state index contributed by atoms with van der Waals surface area (Å²) in [5, 5.41) is 3.19. The van der Waals surface area contributed by atoms with Gasteiger partial charge in [0, 0.05) is 20.9 Å². The molecule has 32 heavy (non-hydrogen) atoms. The molecule has 164 valence electrons. The lowest BCUT2D eigenvalue weighted by atomic mass is 9.98. The summed E-state index contributed by atoms with van der Waals surface area (Å²) in [4.78, 5) is 14.0. The quantitative estimate of drug-likeness (QED) is 0.211. The molecule has 0 spiro atoms. The van der Waals surface area contributed by atoms with Gasteiger partial charge < -0.3 is 0 Å². The minimum absolute atomic E-state index is 0.195. The summed E-state index contributed by atoms with van der Waals surface area (Å²) < 4.78 is 78.6. The minimum atomic E-state index is -4.53. The highest BCUT2D eigenvalue weighted by atomic mass is 32.1. The summed E-state index contributed by atoms with van der Waals surface area (Å²) in [5.41, 5.74) is -0.783. The fourth-order valence-corrected chi connectivity index (χ4v) is 5.02. The van der Waals surface area contributed by atoms with E-state index in [1.165, 1.54) is 36.4 Å². The van der Waals surface area contributed by atoms with Crippen LogP contribution in [0.3, 0.4) is 0 Å². The zero-order chi connectivity index (χ0) is 23.1. The number of hydrogen-bond acceptors (Lipinski definition) is 3. The van der Waals surface area contributed by atoms with Crippen molar-refractivity contribution in [1.29, 1.82) is 0 Å². The fourth-order valence-electron chi connectivity index (χ4n) is 3.24. The van der Waals surface area contributed by atoms with E-state index in [4.69, 9.17) is 0 Å². The van der Waals surface area contributed by atoms with Crippen LogP contribution >= 0.6 is 22.7 Å². The molecule has 4 aromatic rings. The Kier molecular flexibility index (Phi) is 5.72. The Morgan fingerprint density at radius 2 is 1.03 bits per heavy atom. The van der Waals surface area contributed by atoms with Crippen LogP contribution in [0.15, 0.2) is 71.4 Å². The van der Waals surface area contributed by atoms with Gasteiger partial charge in [0.25, 0.3) is 0 Å². The average molecular weight is 482 g/mol. The number of benzene rings is 2. The third-order valence-electron chi connectivity index (χ3n) is 4.72. The van der Waals surface area contributed by atoms with Gasteiger partial charge in [-0.25, -0.2) is 0 Å². The van der Waals surface area contributed by atoms with Crippen LogP contribution < -0.4 is 0 Å². The molecule has 0 amide bonds. The molecule has 2 aromatic heterocycles. The van der Waals surface area contributed by atoms with Crippen molar-refractivity contribution in [2.45, 2.75) is 12.4 Å². The summed E-state index contributed by atoms with van der Waals surface area (Å²) in [5.74, 6) is -0.465. The van der Waals surface area contributed by atoms with Crippen LogP contribution in [-0.2, 0) is 12.4 Å². The Bertz CT molecular complexity index is 1180. The molecule has 9 heteroatoms. The Hall–Kier alpha value is -2.91. The summed E-state index contributed by atoms with van der Waals surface area (Å²) in [6.07, 6.45) is -9.05. The first-order valence-electron chi connectivity index (χ1n) is 9.10. The summed E-state index contributed by atoms with van der Waals surface area (Å²) >= 11 is 2.24. The van der Waals surface area contributed by atoms with E-state index in [1.54, 1.807) is 10.8 Å². The number of ketones is 1. The fraction of sp³-hybridized carbons (Fsp3) is 0.0870. The summed E-state index contributed by atoms with van der Waals surface area (Å²) in [7, 11) is 0. The molecule has 0 atom stereocenters. The van der Waals surface area contributed by atoms with Crippen molar-refractivity contribution in [3.63, 3.8) is 0 Å².